The Morgan fingerprint density at radius 2 is 2.00 bits per heavy atom. The van der Waals surface area contributed by atoms with E-state index in [1.54, 1.807) is 12.1 Å². The molecule has 0 saturated heterocycles. The van der Waals surface area contributed by atoms with E-state index in [0.717, 1.165) is 20.9 Å². The fourth-order valence-electron chi connectivity index (χ4n) is 2.80. The van der Waals surface area contributed by atoms with Crippen LogP contribution in [0.1, 0.15) is 12.5 Å². The van der Waals surface area contributed by atoms with E-state index < -0.39 is 11.9 Å². The Hall–Kier alpha value is -2.80. The SMILES string of the molecule is CC(=O)N[C@@H](Cc1c[nH]c2ccccc12)C(=O)Nc1cc(Br)ccc1O. The first kappa shape index (κ1) is 18.0. The number of rotatable bonds is 5. The molecule has 0 unspecified atom stereocenters. The van der Waals surface area contributed by atoms with Gasteiger partial charge in [0.2, 0.25) is 11.8 Å². The first-order valence-electron chi connectivity index (χ1n) is 8.05. The third-order valence-corrected chi connectivity index (χ3v) is 4.50. The van der Waals surface area contributed by atoms with Crippen molar-refractivity contribution < 1.29 is 14.7 Å². The number of nitrogens with one attached hydrogen (secondary N) is 3. The van der Waals surface area contributed by atoms with Crippen LogP contribution < -0.4 is 10.6 Å². The average Bonchev–Trinajstić information content (AvgIpc) is 3.00. The molecule has 0 aliphatic carbocycles. The zero-order valence-corrected chi connectivity index (χ0v) is 15.6. The van der Waals surface area contributed by atoms with Gasteiger partial charge in [-0.1, -0.05) is 34.1 Å². The van der Waals surface area contributed by atoms with Crippen molar-refractivity contribution in [2.24, 2.45) is 0 Å². The second-order valence-corrected chi connectivity index (χ2v) is 6.88. The topological polar surface area (TPSA) is 94.2 Å². The summed E-state index contributed by atoms with van der Waals surface area (Å²) in [6.07, 6.45) is 2.16. The number of hydrogen-bond donors (Lipinski definition) is 4. The monoisotopic (exact) mass is 415 g/mol. The number of aromatic hydroxyl groups is 1. The summed E-state index contributed by atoms with van der Waals surface area (Å²) in [5, 5.41) is 16.3. The molecule has 0 aliphatic heterocycles. The largest absolute Gasteiger partial charge is 0.506 e. The standard InChI is InChI=1S/C19H18BrN3O3/c1-11(24)22-17(8-12-10-21-15-5-3-2-4-14(12)15)19(26)23-16-9-13(20)6-7-18(16)25/h2-7,9-10,17,21,25H,8H2,1H3,(H,22,24)(H,23,26)/t17-/m0/s1. The Labute approximate surface area is 158 Å². The molecule has 1 heterocycles. The van der Waals surface area contributed by atoms with E-state index in [-0.39, 0.29) is 17.3 Å². The smallest absolute Gasteiger partial charge is 0.247 e. The molecular formula is C19H18BrN3O3. The van der Waals surface area contributed by atoms with E-state index in [0.29, 0.717) is 6.42 Å². The molecule has 2 amide bonds. The molecule has 1 atom stereocenters. The number of anilines is 1. The molecule has 0 spiro atoms. The number of aromatic nitrogens is 1. The number of amides is 2. The van der Waals surface area contributed by atoms with Crippen molar-refractivity contribution in [3.05, 3.63) is 58.7 Å². The number of fused-ring (bicyclic) bond motifs is 1. The van der Waals surface area contributed by atoms with Gasteiger partial charge in [0.15, 0.2) is 0 Å². The van der Waals surface area contributed by atoms with Crippen LogP contribution in [0.15, 0.2) is 53.1 Å². The molecule has 7 heteroatoms. The van der Waals surface area contributed by atoms with Crippen LogP contribution in [-0.4, -0.2) is 27.9 Å². The molecule has 3 aromatic rings. The lowest BCUT2D eigenvalue weighted by molar-refractivity contribution is -0.125. The minimum atomic E-state index is -0.773. The number of H-pyrrole nitrogens is 1. The summed E-state index contributed by atoms with van der Waals surface area (Å²) in [6.45, 7) is 1.37. The number of para-hydroxylation sites is 1. The predicted molar refractivity (Wildman–Crippen MR) is 104 cm³/mol. The summed E-state index contributed by atoms with van der Waals surface area (Å²) in [6, 6.07) is 11.7. The summed E-state index contributed by atoms with van der Waals surface area (Å²) >= 11 is 3.30. The van der Waals surface area contributed by atoms with Crippen LogP contribution in [0.4, 0.5) is 5.69 Å². The summed E-state index contributed by atoms with van der Waals surface area (Å²) < 4.78 is 0.721. The normalized spacial score (nSPS) is 11.9. The Balaban J connectivity index is 1.84. The average molecular weight is 416 g/mol. The number of phenols is 1. The summed E-state index contributed by atoms with van der Waals surface area (Å²) in [4.78, 5) is 27.4. The maximum absolute atomic E-state index is 12.7. The van der Waals surface area contributed by atoms with Crippen LogP contribution in [0.2, 0.25) is 0 Å². The van der Waals surface area contributed by atoms with Crippen LogP contribution in [0, 0.1) is 0 Å². The molecule has 0 aliphatic rings. The molecule has 2 aromatic carbocycles. The molecule has 134 valence electrons. The van der Waals surface area contributed by atoms with E-state index in [4.69, 9.17) is 0 Å². The van der Waals surface area contributed by atoms with Crippen molar-refractivity contribution in [3.8, 4) is 5.75 Å². The zero-order valence-electron chi connectivity index (χ0n) is 14.0. The molecule has 6 nitrogen and oxygen atoms in total. The molecule has 0 radical (unpaired) electrons. The minimum absolute atomic E-state index is 0.0461. The minimum Gasteiger partial charge on any atom is -0.506 e. The van der Waals surface area contributed by atoms with E-state index in [1.165, 1.54) is 13.0 Å². The van der Waals surface area contributed by atoms with Crippen molar-refractivity contribution in [1.29, 1.82) is 0 Å². The number of halogens is 1. The first-order valence-corrected chi connectivity index (χ1v) is 8.85. The van der Waals surface area contributed by atoms with E-state index in [2.05, 4.69) is 31.5 Å². The van der Waals surface area contributed by atoms with Gasteiger partial charge in [0.25, 0.3) is 0 Å². The Morgan fingerprint density at radius 3 is 2.77 bits per heavy atom. The Morgan fingerprint density at radius 1 is 1.23 bits per heavy atom. The third kappa shape index (κ3) is 4.05. The van der Waals surface area contributed by atoms with E-state index >= 15 is 0 Å². The van der Waals surface area contributed by atoms with Gasteiger partial charge in [-0.25, -0.2) is 0 Å². The molecule has 0 fully saturated rings. The molecule has 4 N–H and O–H groups in total. The molecule has 0 saturated carbocycles. The van der Waals surface area contributed by atoms with Crippen LogP contribution >= 0.6 is 15.9 Å². The van der Waals surface area contributed by atoms with Gasteiger partial charge >= 0.3 is 0 Å². The molecule has 0 bridgehead atoms. The van der Waals surface area contributed by atoms with Gasteiger partial charge in [-0.15, -0.1) is 0 Å². The van der Waals surface area contributed by atoms with Gasteiger partial charge in [-0.05, 0) is 29.8 Å². The van der Waals surface area contributed by atoms with E-state index in [9.17, 15) is 14.7 Å². The highest BCUT2D eigenvalue weighted by molar-refractivity contribution is 9.10. The van der Waals surface area contributed by atoms with Gasteiger partial charge in [0, 0.05) is 34.9 Å². The highest BCUT2D eigenvalue weighted by atomic mass is 79.9. The fraction of sp³-hybridized carbons (Fsp3) is 0.158. The van der Waals surface area contributed by atoms with Gasteiger partial charge in [0.05, 0.1) is 5.69 Å². The van der Waals surface area contributed by atoms with Crippen LogP contribution in [-0.2, 0) is 16.0 Å². The second kappa shape index (κ2) is 7.61. The fourth-order valence-corrected chi connectivity index (χ4v) is 3.16. The lowest BCUT2D eigenvalue weighted by Crippen LogP contribution is -2.44. The third-order valence-electron chi connectivity index (χ3n) is 4.01. The summed E-state index contributed by atoms with van der Waals surface area (Å²) in [5.74, 6) is -0.752. The van der Waals surface area contributed by atoms with Crippen LogP contribution in [0.25, 0.3) is 10.9 Å². The first-order chi connectivity index (χ1) is 12.4. The number of carbonyl (C=O) groups excluding carboxylic acids is 2. The number of phenolic OH excluding ortho intramolecular Hbond substituents is 1. The summed E-state index contributed by atoms with van der Waals surface area (Å²) in [7, 11) is 0. The highest BCUT2D eigenvalue weighted by Gasteiger charge is 2.22. The number of carbonyl (C=O) groups is 2. The number of hydrogen-bond acceptors (Lipinski definition) is 3. The summed E-state index contributed by atoms with van der Waals surface area (Å²) in [5.41, 5.74) is 2.17. The van der Waals surface area contributed by atoms with Crippen molar-refractivity contribution in [3.63, 3.8) is 0 Å². The van der Waals surface area contributed by atoms with Gasteiger partial charge in [-0.3, -0.25) is 9.59 Å². The maximum atomic E-state index is 12.7. The van der Waals surface area contributed by atoms with Crippen LogP contribution in [0.3, 0.4) is 0 Å². The molecule has 26 heavy (non-hydrogen) atoms. The molecule has 1 aromatic heterocycles. The lowest BCUT2D eigenvalue weighted by atomic mass is 10.0. The van der Waals surface area contributed by atoms with Gasteiger partial charge < -0.3 is 20.7 Å². The number of benzene rings is 2. The molecular weight excluding hydrogens is 398 g/mol. The second-order valence-electron chi connectivity index (χ2n) is 5.97. The molecule has 3 rings (SSSR count). The Bertz CT molecular complexity index is 968. The predicted octanol–water partition coefficient (Wildman–Crippen LogP) is 3.32. The lowest BCUT2D eigenvalue weighted by Gasteiger charge is -2.18. The van der Waals surface area contributed by atoms with Crippen molar-refractivity contribution in [2.75, 3.05) is 5.32 Å². The quantitative estimate of drug-likeness (QED) is 0.481. The van der Waals surface area contributed by atoms with Crippen molar-refractivity contribution in [1.82, 2.24) is 10.3 Å². The van der Waals surface area contributed by atoms with Gasteiger partial charge in [-0.2, -0.15) is 0 Å². The van der Waals surface area contributed by atoms with Crippen LogP contribution in [0.5, 0.6) is 5.75 Å². The maximum Gasteiger partial charge on any atom is 0.247 e. The number of aromatic amines is 1. The van der Waals surface area contributed by atoms with E-state index in [1.807, 2.05) is 30.5 Å². The van der Waals surface area contributed by atoms with Crippen molar-refractivity contribution >= 4 is 44.3 Å². The Kier molecular flexibility index (Phi) is 5.27. The van der Waals surface area contributed by atoms with Gasteiger partial charge in [0.1, 0.15) is 11.8 Å². The van der Waals surface area contributed by atoms with Crippen molar-refractivity contribution in [2.45, 2.75) is 19.4 Å². The zero-order chi connectivity index (χ0) is 18.7. The highest BCUT2D eigenvalue weighted by Crippen LogP contribution is 2.27.